The van der Waals surface area contributed by atoms with Gasteiger partial charge in [0, 0.05) is 17.9 Å². The largest absolute Gasteiger partial charge is 0.395 e. The Morgan fingerprint density at radius 3 is 2.65 bits per heavy atom. The summed E-state index contributed by atoms with van der Waals surface area (Å²) in [4.78, 5) is 11.9. The number of hydrogen-bond donors (Lipinski definition) is 2. The average Bonchev–Trinajstić information content (AvgIpc) is 2.37. The molecule has 0 spiro atoms. The number of carbonyl (C=O) groups is 1. The Balaban J connectivity index is 1.91. The van der Waals surface area contributed by atoms with E-state index >= 15 is 0 Å². The monoisotopic (exact) mass is 271 g/mol. The lowest BCUT2D eigenvalue weighted by atomic mass is 9.84. The van der Waals surface area contributed by atoms with Crippen molar-refractivity contribution in [3.05, 3.63) is 35.4 Å². The summed E-state index contributed by atoms with van der Waals surface area (Å²) >= 11 is 0. The van der Waals surface area contributed by atoms with Gasteiger partial charge in [-0.1, -0.05) is 30.4 Å². The third kappa shape index (κ3) is 3.85. The van der Waals surface area contributed by atoms with Crippen molar-refractivity contribution in [1.29, 1.82) is 0 Å². The molecular weight excluding hydrogens is 250 g/mol. The Labute approximate surface area is 120 Å². The van der Waals surface area contributed by atoms with Gasteiger partial charge in [-0.3, -0.25) is 4.79 Å². The van der Waals surface area contributed by atoms with Crippen LogP contribution in [0.25, 0.3) is 0 Å². The van der Waals surface area contributed by atoms with Gasteiger partial charge in [0.25, 0.3) is 0 Å². The summed E-state index contributed by atoms with van der Waals surface area (Å²) in [5, 5.41) is 11.7. The SMILES string of the molecule is CC(NC(=O)C1CCC1)c1ccc(C#CCCO)cc1. The third-order valence-electron chi connectivity index (χ3n) is 3.71. The maximum Gasteiger partial charge on any atom is 0.223 e. The first-order valence-electron chi connectivity index (χ1n) is 7.21. The Bertz CT molecular complexity index is 506. The van der Waals surface area contributed by atoms with E-state index in [1.165, 1.54) is 6.42 Å². The summed E-state index contributed by atoms with van der Waals surface area (Å²) in [6.07, 6.45) is 3.72. The first-order chi connectivity index (χ1) is 9.70. The quantitative estimate of drug-likeness (QED) is 0.826. The summed E-state index contributed by atoms with van der Waals surface area (Å²) < 4.78 is 0. The number of rotatable bonds is 4. The summed E-state index contributed by atoms with van der Waals surface area (Å²) in [6.45, 7) is 2.10. The Morgan fingerprint density at radius 2 is 2.10 bits per heavy atom. The van der Waals surface area contributed by atoms with Crippen LogP contribution in [0.2, 0.25) is 0 Å². The van der Waals surface area contributed by atoms with Gasteiger partial charge < -0.3 is 10.4 Å². The standard InChI is InChI=1S/C17H21NO2/c1-13(18-17(20)16-6-4-7-16)15-10-8-14(9-11-15)5-2-3-12-19/h8-11,13,16,19H,3-4,6-7,12H2,1H3,(H,18,20). The van der Waals surface area contributed by atoms with Gasteiger partial charge in [-0.2, -0.15) is 0 Å². The number of aliphatic hydroxyl groups excluding tert-OH is 1. The third-order valence-corrected chi connectivity index (χ3v) is 3.71. The van der Waals surface area contributed by atoms with E-state index in [-0.39, 0.29) is 24.5 Å². The molecule has 0 heterocycles. The van der Waals surface area contributed by atoms with Gasteiger partial charge in [0.1, 0.15) is 0 Å². The molecule has 1 aliphatic carbocycles. The van der Waals surface area contributed by atoms with Crippen molar-refractivity contribution in [2.45, 2.75) is 38.6 Å². The van der Waals surface area contributed by atoms with E-state index in [9.17, 15) is 4.79 Å². The topological polar surface area (TPSA) is 49.3 Å². The van der Waals surface area contributed by atoms with Crippen LogP contribution in [0.1, 0.15) is 49.8 Å². The number of hydrogen-bond acceptors (Lipinski definition) is 2. The highest BCUT2D eigenvalue weighted by molar-refractivity contribution is 5.79. The van der Waals surface area contributed by atoms with Crippen LogP contribution in [0, 0.1) is 17.8 Å². The summed E-state index contributed by atoms with van der Waals surface area (Å²) in [6, 6.07) is 7.92. The van der Waals surface area contributed by atoms with Crippen LogP contribution in [0.4, 0.5) is 0 Å². The fourth-order valence-electron chi connectivity index (χ4n) is 2.16. The summed E-state index contributed by atoms with van der Waals surface area (Å²) in [5.74, 6) is 6.28. The lowest BCUT2D eigenvalue weighted by molar-refractivity contribution is -0.128. The molecule has 1 amide bonds. The summed E-state index contributed by atoms with van der Waals surface area (Å²) in [5.41, 5.74) is 2.02. The first kappa shape index (κ1) is 14.6. The fourth-order valence-corrected chi connectivity index (χ4v) is 2.16. The van der Waals surface area contributed by atoms with Crippen LogP contribution in [-0.4, -0.2) is 17.6 Å². The molecule has 1 aromatic carbocycles. The molecule has 3 heteroatoms. The van der Waals surface area contributed by atoms with Gasteiger partial charge in [0.15, 0.2) is 0 Å². The van der Waals surface area contributed by atoms with Gasteiger partial charge in [-0.05, 0) is 37.5 Å². The molecule has 0 bridgehead atoms. The minimum Gasteiger partial charge on any atom is -0.395 e. The van der Waals surface area contributed by atoms with Crippen LogP contribution >= 0.6 is 0 Å². The zero-order valence-corrected chi connectivity index (χ0v) is 11.9. The number of nitrogens with one attached hydrogen (secondary N) is 1. The van der Waals surface area contributed by atoms with Crippen molar-refractivity contribution < 1.29 is 9.90 Å². The number of benzene rings is 1. The van der Waals surface area contributed by atoms with Gasteiger partial charge >= 0.3 is 0 Å². The molecule has 0 aliphatic heterocycles. The lowest BCUT2D eigenvalue weighted by Gasteiger charge is -2.26. The maximum atomic E-state index is 11.9. The van der Waals surface area contributed by atoms with E-state index in [4.69, 9.17) is 5.11 Å². The van der Waals surface area contributed by atoms with Crippen molar-refractivity contribution in [3.63, 3.8) is 0 Å². The fraction of sp³-hybridized carbons (Fsp3) is 0.471. The van der Waals surface area contributed by atoms with Crippen molar-refractivity contribution >= 4 is 5.91 Å². The molecule has 1 atom stereocenters. The molecule has 1 fully saturated rings. The molecule has 0 radical (unpaired) electrons. The van der Waals surface area contributed by atoms with Crippen molar-refractivity contribution in [2.24, 2.45) is 5.92 Å². The molecule has 1 aromatic rings. The first-order valence-corrected chi connectivity index (χ1v) is 7.21. The second kappa shape index (κ2) is 7.12. The minimum absolute atomic E-state index is 0.0301. The van der Waals surface area contributed by atoms with E-state index in [0.29, 0.717) is 6.42 Å². The number of aliphatic hydroxyl groups is 1. The molecule has 1 saturated carbocycles. The molecule has 2 rings (SSSR count). The van der Waals surface area contributed by atoms with Crippen LogP contribution in [-0.2, 0) is 4.79 Å². The van der Waals surface area contributed by atoms with Gasteiger partial charge in [0.2, 0.25) is 5.91 Å². The molecule has 0 saturated heterocycles. The van der Waals surface area contributed by atoms with E-state index in [2.05, 4.69) is 17.2 Å². The van der Waals surface area contributed by atoms with Gasteiger partial charge in [-0.25, -0.2) is 0 Å². The highest BCUT2D eigenvalue weighted by atomic mass is 16.2. The molecule has 20 heavy (non-hydrogen) atoms. The van der Waals surface area contributed by atoms with Gasteiger partial charge in [-0.15, -0.1) is 0 Å². The Hall–Kier alpha value is -1.79. The predicted octanol–water partition coefficient (Wildman–Crippen LogP) is 2.40. The zero-order valence-electron chi connectivity index (χ0n) is 11.9. The lowest BCUT2D eigenvalue weighted by Crippen LogP contribution is -2.35. The Morgan fingerprint density at radius 1 is 1.40 bits per heavy atom. The second-order valence-corrected chi connectivity index (χ2v) is 5.26. The van der Waals surface area contributed by atoms with Crippen LogP contribution < -0.4 is 5.32 Å². The van der Waals surface area contributed by atoms with Gasteiger partial charge in [0.05, 0.1) is 12.6 Å². The Kier molecular flexibility index (Phi) is 5.20. The van der Waals surface area contributed by atoms with Crippen LogP contribution in [0.15, 0.2) is 24.3 Å². The van der Waals surface area contributed by atoms with E-state index in [1.807, 2.05) is 31.2 Å². The summed E-state index contributed by atoms with van der Waals surface area (Å²) in [7, 11) is 0. The number of amides is 1. The number of carbonyl (C=O) groups excluding carboxylic acids is 1. The molecule has 106 valence electrons. The predicted molar refractivity (Wildman–Crippen MR) is 78.9 cm³/mol. The molecule has 2 N–H and O–H groups in total. The van der Waals surface area contributed by atoms with Crippen molar-refractivity contribution in [2.75, 3.05) is 6.61 Å². The minimum atomic E-state index is 0.0301. The molecule has 3 nitrogen and oxygen atoms in total. The second-order valence-electron chi connectivity index (χ2n) is 5.26. The molecular formula is C17H21NO2. The van der Waals surface area contributed by atoms with Crippen molar-refractivity contribution in [1.82, 2.24) is 5.32 Å². The smallest absolute Gasteiger partial charge is 0.223 e. The van der Waals surface area contributed by atoms with E-state index in [0.717, 1.165) is 24.0 Å². The molecule has 1 aliphatic rings. The normalized spacial score (nSPS) is 15.7. The van der Waals surface area contributed by atoms with E-state index < -0.39 is 0 Å². The molecule has 1 unspecified atom stereocenters. The highest BCUT2D eigenvalue weighted by Gasteiger charge is 2.26. The van der Waals surface area contributed by atoms with Crippen LogP contribution in [0.3, 0.4) is 0 Å². The zero-order chi connectivity index (χ0) is 14.4. The highest BCUT2D eigenvalue weighted by Crippen LogP contribution is 2.27. The molecule has 0 aromatic heterocycles. The van der Waals surface area contributed by atoms with Crippen molar-refractivity contribution in [3.8, 4) is 11.8 Å². The maximum absolute atomic E-state index is 11.9. The van der Waals surface area contributed by atoms with E-state index in [1.54, 1.807) is 0 Å². The average molecular weight is 271 g/mol. The van der Waals surface area contributed by atoms with Crippen LogP contribution in [0.5, 0.6) is 0 Å².